The molecule has 1 aliphatic rings. The third kappa shape index (κ3) is 6.76. The Bertz CT molecular complexity index is 234. The fourth-order valence-corrected chi connectivity index (χ4v) is 3.17. The van der Waals surface area contributed by atoms with Crippen molar-refractivity contribution in [2.24, 2.45) is 11.8 Å². The molecule has 1 fully saturated rings. The van der Waals surface area contributed by atoms with Crippen LogP contribution in [0.1, 0.15) is 73.1 Å². The molecule has 2 heteroatoms. The maximum Gasteiger partial charge on any atom is 0.0598 e. The van der Waals surface area contributed by atoms with Crippen molar-refractivity contribution in [3.63, 3.8) is 0 Å². The van der Waals surface area contributed by atoms with Gasteiger partial charge in [0.2, 0.25) is 0 Å². The maximum atomic E-state index is 5.93. The highest BCUT2D eigenvalue weighted by molar-refractivity contribution is 4.84. The maximum absolute atomic E-state index is 5.93. The molecule has 0 spiro atoms. The molecule has 0 aliphatic heterocycles. The zero-order valence-corrected chi connectivity index (χ0v) is 13.8. The van der Waals surface area contributed by atoms with Gasteiger partial charge in [0.15, 0.2) is 0 Å². The summed E-state index contributed by atoms with van der Waals surface area (Å²) in [6, 6.07) is 0.728. The van der Waals surface area contributed by atoms with Gasteiger partial charge in [0, 0.05) is 12.6 Å². The van der Waals surface area contributed by atoms with E-state index in [1.807, 2.05) is 0 Å². The van der Waals surface area contributed by atoms with Gasteiger partial charge in [-0.1, -0.05) is 20.3 Å². The second kappa shape index (κ2) is 8.26. The third-order valence-corrected chi connectivity index (χ3v) is 4.35. The van der Waals surface area contributed by atoms with Gasteiger partial charge in [0.1, 0.15) is 0 Å². The van der Waals surface area contributed by atoms with Gasteiger partial charge in [0.25, 0.3) is 0 Å². The molecule has 1 rings (SSSR count). The minimum absolute atomic E-state index is 0.00513. The number of hydrogen-bond acceptors (Lipinski definition) is 2. The van der Waals surface area contributed by atoms with Crippen LogP contribution in [0.25, 0.3) is 0 Å². The summed E-state index contributed by atoms with van der Waals surface area (Å²) in [7, 11) is 0. The Hall–Kier alpha value is -0.0800. The van der Waals surface area contributed by atoms with Crippen LogP contribution in [-0.4, -0.2) is 24.8 Å². The number of hydrogen-bond donors (Lipinski definition) is 1. The summed E-state index contributed by atoms with van der Waals surface area (Å²) >= 11 is 0. The zero-order chi connectivity index (χ0) is 14.3. The lowest BCUT2D eigenvalue weighted by Gasteiger charge is -2.37. The van der Waals surface area contributed by atoms with Gasteiger partial charge in [0.05, 0.1) is 5.60 Å². The van der Waals surface area contributed by atoms with Crippen LogP contribution in [0.2, 0.25) is 0 Å². The summed E-state index contributed by atoms with van der Waals surface area (Å²) < 4.78 is 5.93. The Kier molecular flexibility index (Phi) is 7.38. The van der Waals surface area contributed by atoms with Crippen molar-refractivity contribution in [1.82, 2.24) is 5.32 Å². The summed E-state index contributed by atoms with van der Waals surface area (Å²) in [5.74, 6) is 1.76. The lowest BCUT2D eigenvalue weighted by atomic mass is 9.75. The molecule has 3 atom stereocenters. The first-order chi connectivity index (χ1) is 8.96. The Morgan fingerprint density at radius 1 is 1.16 bits per heavy atom. The molecule has 0 saturated heterocycles. The first-order valence-electron chi connectivity index (χ1n) is 8.33. The molecule has 1 aliphatic carbocycles. The quantitative estimate of drug-likeness (QED) is 0.740. The second-order valence-corrected chi connectivity index (χ2v) is 7.16. The zero-order valence-electron chi connectivity index (χ0n) is 13.8. The van der Waals surface area contributed by atoms with Gasteiger partial charge in [-0.05, 0) is 71.3 Å². The minimum Gasteiger partial charge on any atom is -0.376 e. The highest BCUT2D eigenvalue weighted by Gasteiger charge is 2.29. The van der Waals surface area contributed by atoms with Crippen LogP contribution in [0.5, 0.6) is 0 Å². The molecule has 0 heterocycles. The number of rotatable bonds is 7. The Labute approximate surface area is 120 Å². The van der Waals surface area contributed by atoms with Crippen molar-refractivity contribution >= 4 is 0 Å². The van der Waals surface area contributed by atoms with Crippen LogP contribution < -0.4 is 5.32 Å². The van der Waals surface area contributed by atoms with Gasteiger partial charge < -0.3 is 10.1 Å². The Morgan fingerprint density at radius 3 is 2.47 bits per heavy atom. The van der Waals surface area contributed by atoms with E-state index in [9.17, 15) is 0 Å². The summed E-state index contributed by atoms with van der Waals surface area (Å²) in [5, 5.41) is 3.76. The molecule has 19 heavy (non-hydrogen) atoms. The molecule has 0 radical (unpaired) electrons. The summed E-state index contributed by atoms with van der Waals surface area (Å²) in [6.45, 7) is 13.1. The first kappa shape index (κ1) is 17.0. The molecule has 0 aromatic heterocycles. The standard InChI is InChI=1S/C17H35NO/c1-6-11-18-16-9-8-14(7-2)13-15(16)10-12-19-17(3,4)5/h14-16,18H,6-13H2,1-5H3. The topological polar surface area (TPSA) is 21.3 Å². The molecule has 3 unspecified atom stereocenters. The van der Waals surface area contributed by atoms with Crippen molar-refractivity contribution < 1.29 is 4.74 Å². The molecule has 0 bridgehead atoms. The van der Waals surface area contributed by atoms with E-state index in [1.165, 1.54) is 38.5 Å². The van der Waals surface area contributed by atoms with Gasteiger partial charge in [-0.15, -0.1) is 0 Å². The van der Waals surface area contributed by atoms with E-state index >= 15 is 0 Å². The van der Waals surface area contributed by atoms with E-state index in [0.717, 1.165) is 31.0 Å². The fraction of sp³-hybridized carbons (Fsp3) is 1.00. The molecule has 0 aromatic rings. The van der Waals surface area contributed by atoms with E-state index in [0.29, 0.717) is 0 Å². The van der Waals surface area contributed by atoms with Crippen LogP contribution in [-0.2, 0) is 4.74 Å². The van der Waals surface area contributed by atoms with E-state index < -0.39 is 0 Å². The van der Waals surface area contributed by atoms with Crippen LogP contribution in [0.4, 0.5) is 0 Å². The van der Waals surface area contributed by atoms with E-state index in [-0.39, 0.29) is 5.60 Å². The van der Waals surface area contributed by atoms with Gasteiger partial charge in [-0.25, -0.2) is 0 Å². The lowest BCUT2D eigenvalue weighted by Crippen LogP contribution is -2.41. The van der Waals surface area contributed by atoms with Crippen molar-refractivity contribution in [1.29, 1.82) is 0 Å². The molecule has 0 amide bonds. The molecule has 114 valence electrons. The van der Waals surface area contributed by atoms with Gasteiger partial charge in [-0.3, -0.25) is 0 Å². The van der Waals surface area contributed by atoms with Crippen molar-refractivity contribution in [3.05, 3.63) is 0 Å². The summed E-state index contributed by atoms with van der Waals surface area (Å²) in [4.78, 5) is 0. The van der Waals surface area contributed by atoms with E-state index in [2.05, 4.69) is 39.9 Å². The average molecular weight is 269 g/mol. The van der Waals surface area contributed by atoms with Crippen molar-refractivity contribution in [2.75, 3.05) is 13.2 Å². The van der Waals surface area contributed by atoms with Crippen LogP contribution >= 0.6 is 0 Å². The van der Waals surface area contributed by atoms with Crippen LogP contribution in [0.15, 0.2) is 0 Å². The lowest BCUT2D eigenvalue weighted by molar-refractivity contribution is -0.0147. The van der Waals surface area contributed by atoms with Gasteiger partial charge >= 0.3 is 0 Å². The normalized spacial score (nSPS) is 28.6. The molecular formula is C17H35NO. The Balaban J connectivity index is 2.41. The molecule has 0 aromatic carbocycles. The fourth-order valence-electron chi connectivity index (χ4n) is 3.17. The van der Waals surface area contributed by atoms with Crippen LogP contribution in [0, 0.1) is 11.8 Å². The minimum atomic E-state index is 0.00513. The largest absolute Gasteiger partial charge is 0.376 e. The molecule has 1 N–H and O–H groups in total. The van der Waals surface area contributed by atoms with Crippen molar-refractivity contribution in [3.8, 4) is 0 Å². The molecule has 2 nitrogen and oxygen atoms in total. The smallest absolute Gasteiger partial charge is 0.0598 e. The number of ether oxygens (including phenoxy) is 1. The summed E-state index contributed by atoms with van der Waals surface area (Å²) in [6.07, 6.45) is 7.96. The van der Waals surface area contributed by atoms with Crippen molar-refractivity contribution in [2.45, 2.75) is 84.8 Å². The highest BCUT2D eigenvalue weighted by Crippen LogP contribution is 2.33. The van der Waals surface area contributed by atoms with Gasteiger partial charge in [-0.2, -0.15) is 0 Å². The predicted octanol–water partition coefficient (Wildman–Crippen LogP) is 4.39. The average Bonchev–Trinajstić information content (AvgIpc) is 2.35. The SMILES string of the molecule is CCCNC1CCC(CC)CC1CCOC(C)(C)C. The second-order valence-electron chi connectivity index (χ2n) is 7.16. The Morgan fingerprint density at radius 2 is 1.89 bits per heavy atom. The van der Waals surface area contributed by atoms with E-state index in [1.54, 1.807) is 0 Å². The highest BCUT2D eigenvalue weighted by atomic mass is 16.5. The van der Waals surface area contributed by atoms with Crippen LogP contribution in [0.3, 0.4) is 0 Å². The predicted molar refractivity (Wildman–Crippen MR) is 83.5 cm³/mol. The molecular weight excluding hydrogens is 234 g/mol. The molecule has 1 saturated carbocycles. The summed E-state index contributed by atoms with van der Waals surface area (Å²) in [5.41, 5.74) is 0.00513. The first-order valence-corrected chi connectivity index (χ1v) is 8.33. The monoisotopic (exact) mass is 269 g/mol. The number of nitrogens with one attached hydrogen (secondary N) is 1. The van der Waals surface area contributed by atoms with E-state index in [4.69, 9.17) is 4.74 Å². The third-order valence-electron chi connectivity index (χ3n) is 4.35.